The maximum absolute atomic E-state index is 12.3. The number of rotatable bonds is 3. The van der Waals surface area contributed by atoms with Crippen LogP contribution < -0.4 is 5.32 Å². The Morgan fingerprint density at radius 2 is 2.05 bits per heavy atom. The van der Waals surface area contributed by atoms with Crippen LogP contribution >= 0.6 is 0 Å². The van der Waals surface area contributed by atoms with Crippen LogP contribution in [-0.4, -0.2) is 22.7 Å². The van der Waals surface area contributed by atoms with Gasteiger partial charge in [0.1, 0.15) is 5.92 Å². The Morgan fingerprint density at radius 1 is 1.33 bits per heavy atom. The van der Waals surface area contributed by atoms with Crippen LogP contribution in [0, 0.1) is 23.2 Å². The second-order valence-electron chi connectivity index (χ2n) is 5.25. The maximum Gasteiger partial charge on any atom is 0.331 e. The first-order chi connectivity index (χ1) is 9.93. The molecule has 108 valence electrons. The number of barbiturate groups is 1. The lowest BCUT2D eigenvalue weighted by atomic mass is 9.92. The summed E-state index contributed by atoms with van der Waals surface area (Å²) < 4.78 is 0. The van der Waals surface area contributed by atoms with Gasteiger partial charge in [0.2, 0.25) is 11.8 Å². The Kier molecular flexibility index (Phi) is 4.03. The van der Waals surface area contributed by atoms with Gasteiger partial charge < -0.3 is 0 Å². The normalized spacial score (nSPS) is 18.7. The van der Waals surface area contributed by atoms with E-state index in [-0.39, 0.29) is 12.5 Å². The van der Waals surface area contributed by atoms with E-state index in [1.54, 1.807) is 38.1 Å². The summed E-state index contributed by atoms with van der Waals surface area (Å²) in [6.45, 7) is 3.55. The number of hydrogen-bond donors (Lipinski definition) is 1. The molecule has 4 amide bonds. The molecule has 1 aliphatic heterocycles. The molecule has 1 aliphatic rings. The summed E-state index contributed by atoms with van der Waals surface area (Å²) in [7, 11) is 0. The first kappa shape index (κ1) is 14.7. The van der Waals surface area contributed by atoms with Crippen LogP contribution in [0.15, 0.2) is 24.3 Å². The molecule has 1 N–H and O–H groups in total. The molecule has 1 atom stereocenters. The van der Waals surface area contributed by atoms with E-state index in [9.17, 15) is 14.4 Å². The molecule has 0 radical (unpaired) electrons. The third-order valence-electron chi connectivity index (χ3n) is 3.35. The number of urea groups is 1. The zero-order valence-corrected chi connectivity index (χ0v) is 11.8. The van der Waals surface area contributed by atoms with Gasteiger partial charge in [-0.05, 0) is 23.6 Å². The fraction of sp³-hybridized carbons (Fsp3) is 0.333. The Morgan fingerprint density at radius 3 is 2.67 bits per heavy atom. The van der Waals surface area contributed by atoms with Gasteiger partial charge in [-0.3, -0.25) is 19.8 Å². The van der Waals surface area contributed by atoms with Crippen LogP contribution in [0.25, 0.3) is 0 Å². The number of nitriles is 1. The van der Waals surface area contributed by atoms with E-state index in [0.29, 0.717) is 11.1 Å². The summed E-state index contributed by atoms with van der Waals surface area (Å²) in [6, 6.07) is 7.95. The summed E-state index contributed by atoms with van der Waals surface area (Å²) in [4.78, 5) is 36.9. The van der Waals surface area contributed by atoms with Crippen molar-refractivity contribution in [1.82, 2.24) is 10.2 Å². The third kappa shape index (κ3) is 2.92. The van der Waals surface area contributed by atoms with Crippen LogP contribution in [0.1, 0.15) is 25.0 Å². The highest BCUT2D eigenvalue weighted by Gasteiger charge is 2.41. The van der Waals surface area contributed by atoms with Crippen molar-refractivity contribution in [3.05, 3.63) is 35.4 Å². The Labute approximate surface area is 122 Å². The van der Waals surface area contributed by atoms with Gasteiger partial charge in [-0.1, -0.05) is 26.0 Å². The van der Waals surface area contributed by atoms with E-state index in [1.165, 1.54) is 0 Å². The fourth-order valence-electron chi connectivity index (χ4n) is 2.29. The first-order valence-corrected chi connectivity index (χ1v) is 6.59. The van der Waals surface area contributed by atoms with Gasteiger partial charge in [0.15, 0.2) is 0 Å². The summed E-state index contributed by atoms with van der Waals surface area (Å²) in [5, 5.41) is 11.1. The number of amides is 4. The quantitative estimate of drug-likeness (QED) is 0.850. The van der Waals surface area contributed by atoms with Crippen LogP contribution in [0.5, 0.6) is 0 Å². The maximum atomic E-state index is 12.3. The Hall–Kier alpha value is -2.68. The Bertz CT molecular complexity index is 646. The van der Waals surface area contributed by atoms with Crippen LogP contribution in [0.3, 0.4) is 0 Å². The number of carbonyl (C=O) groups excluding carboxylic acids is 3. The van der Waals surface area contributed by atoms with E-state index in [0.717, 1.165) is 4.90 Å². The average molecular weight is 285 g/mol. The zero-order chi connectivity index (χ0) is 15.6. The lowest BCUT2D eigenvalue weighted by Crippen LogP contribution is -2.58. The zero-order valence-electron chi connectivity index (χ0n) is 11.8. The minimum atomic E-state index is -0.859. The molecule has 0 saturated carbocycles. The lowest BCUT2D eigenvalue weighted by molar-refractivity contribution is -0.144. The predicted octanol–water partition coefficient (Wildman–Crippen LogP) is 1.41. The van der Waals surface area contributed by atoms with Crippen LogP contribution in [-0.2, 0) is 16.1 Å². The molecule has 6 heteroatoms. The molecule has 0 aromatic heterocycles. The first-order valence-electron chi connectivity index (χ1n) is 6.59. The van der Waals surface area contributed by atoms with Gasteiger partial charge in [0, 0.05) is 0 Å². The van der Waals surface area contributed by atoms with Gasteiger partial charge in [0.25, 0.3) is 0 Å². The summed E-state index contributed by atoms with van der Waals surface area (Å²) in [6.07, 6.45) is 0. The molecule has 2 rings (SSSR count). The van der Waals surface area contributed by atoms with Crippen molar-refractivity contribution in [3.8, 4) is 6.07 Å². The highest BCUT2D eigenvalue weighted by Crippen LogP contribution is 2.20. The SMILES string of the molecule is CC(C)C1C(=O)NC(=O)N(Cc2cccc(C#N)c2)C1=O. The molecule has 21 heavy (non-hydrogen) atoms. The second kappa shape index (κ2) is 5.75. The van der Waals surface area contributed by atoms with Crippen LogP contribution in [0.2, 0.25) is 0 Å². The number of benzene rings is 1. The fourth-order valence-corrected chi connectivity index (χ4v) is 2.29. The highest BCUT2D eigenvalue weighted by atomic mass is 16.2. The van der Waals surface area contributed by atoms with Gasteiger partial charge >= 0.3 is 6.03 Å². The molecule has 0 spiro atoms. The number of nitrogens with one attached hydrogen (secondary N) is 1. The van der Waals surface area contributed by atoms with Crippen molar-refractivity contribution in [2.24, 2.45) is 11.8 Å². The largest absolute Gasteiger partial charge is 0.331 e. The molecule has 1 heterocycles. The average Bonchev–Trinajstić information content (AvgIpc) is 2.43. The summed E-state index contributed by atoms with van der Waals surface area (Å²) in [5.41, 5.74) is 1.11. The van der Waals surface area contributed by atoms with Gasteiger partial charge in [-0.2, -0.15) is 5.26 Å². The number of imide groups is 2. The predicted molar refractivity (Wildman–Crippen MR) is 73.6 cm³/mol. The van der Waals surface area contributed by atoms with E-state index in [2.05, 4.69) is 5.32 Å². The molecule has 0 aliphatic carbocycles. The minimum absolute atomic E-state index is 0.0384. The third-order valence-corrected chi connectivity index (χ3v) is 3.35. The molecule has 1 aromatic carbocycles. The number of carbonyl (C=O) groups is 3. The highest BCUT2D eigenvalue weighted by molar-refractivity contribution is 6.16. The monoisotopic (exact) mass is 285 g/mol. The van der Waals surface area contributed by atoms with Crippen molar-refractivity contribution in [3.63, 3.8) is 0 Å². The second-order valence-corrected chi connectivity index (χ2v) is 5.25. The van der Waals surface area contributed by atoms with Crippen molar-refractivity contribution in [2.75, 3.05) is 0 Å². The van der Waals surface area contributed by atoms with E-state index in [1.807, 2.05) is 6.07 Å². The smallest absolute Gasteiger partial charge is 0.277 e. The molecule has 1 aromatic rings. The Balaban J connectivity index is 2.25. The number of hydrogen-bond acceptors (Lipinski definition) is 4. The molecule has 1 fully saturated rings. The van der Waals surface area contributed by atoms with E-state index < -0.39 is 23.8 Å². The van der Waals surface area contributed by atoms with Gasteiger partial charge in [-0.15, -0.1) is 0 Å². The van der Waals surface area contributed by atoms with Crippen molar-refractivity contribution < 1.29 is 14.4 Å². The molecule has 6 nitrogen and oxygen atoms in total. The minimum Gasteiger partial charge on any atom is -0.277 e. The van der Waals surface area contributed by atoms with Crippen molar-refractivity contribution in [1.29, 1.82) is 5.26 Å². The molecule has 0 bridgehead atoms. The van der Waals surface area contributed by atoms with Gasteiger partial charge in [0.05, 0.1) is 18.2 Å². The lowest BCUT2D eigenvalue weighted by Gasteiger charge is -2.31. The number of nitrogens with zero attached hydrogens (tertiary/aromatic N) is 2. The van der Waals surface area contributed by atoms with Gasteiger partial charge in [-0.25, -0.2) is 4.79 Å². The van der Waals surface area contributed by atoms with Crippen molar-refractivity contribution in [2.45, 2.75) is 20.4 Å². The topological polar surface area (TPSA) is 90.3 Å². The standard InChI is InChI=1S/C15H15N3O3/c1-9(2)12-13(19)17-15(21)18(14(12)20)8-11-5-3-4-10(6-11)7-16/h3-6,9,12H,8H2,1-2H3,(H,17,19,21). The molecule has 1 saturated heterocycles. The summed E-state index contributed by atoms with van der Waals surface area (Å²) >= 11 is 0. The summed E-state index contributed by atoms with van der Waals surface area (Å²) in [5.74, 6) is -2.11. The van der Waals surface area contributed by atoms with Crippen molar-refractivity contribution >= 4 is 17.8 Å². The molecular formula is C15H15N3O3. The van der Waals surface area contributed by atoms with E-state index >= 15 is 0 Å². The molecule has 1 unspecified atom stereocenters. The molecular weight excluding hydrogens is 270 g/mol. The van der Waals surface area contributed by atoms with Crippen LogP contribution in [0.4, 0.5) is 4.79 Å². The van der Waals surface area contributed by atoms with E-state index in [4.69, 9.17) is 5.26 Å².